The molecule has 0 spiro atoms. The molecule has 1 atom stereocenters. The second-order valence-corrected chi connectivity index (χ2v) is 7.45. The average molecular weight is 409 g/mol. The first-order valence-electron chi connectivity index (χ1n) is 9.91. The highest BCUT2D eigenvalue weighted by Crippen LogP contribution is 2.37. The van der Waals surface area contributed by atoms with Gasteiger partial charge in [0.1, 0.15) is 11.4 Å². The van der Waals surface area contributed by atoms with Gasteiger partial charge in [0.15, 0.2) is 5.43 Å². The van der Waals surface area contributed by atoms with Gasteiger partial charge in [-0.05, 0) is 35.9 Å². The topological polar surface area (TPSA) is 75.9 Å². The molecule has 0 N–H and O–H groups in total. The number of aromatic nitrogens is 1. The van der Waals surface area contributed by atoms with Crippen molar-refractivity contribution in [1.29, 1.82) is 0 Å². The number of nitrogens with zero attached hydrogens (tertiary/aromatic N) is 3. The van der Waals surface area contributed by atoms with Gasteiger partial charge in [0, 0.05) is 38.6 Å². The maximum Gasteiger partial charge on any atom is 0.290 e. The van der Waals surface area contributed by atoms with Gasteiger partial charge in [-0.15, -0.1) is 0 Å². The Hall–Kier alpha value is -3.10. The minimum absolute atomic E-state index is 0.0305. The minimum Gasteiger partial charge on any atom is -0.450 e. The van der Waals surface area contributed by atoms with E-state index in [1.807, 2.05) is 0 Å². The second-order valence-electron chi connectivity index (χ2n) is 7.45. The van der Waals surface area contributed by atoms with E-state index in [0.717, 1.165) is 24.7 Å². The molecule has 1 amide bonds. The van der Waals surface area contributed by atoms with E-state index in [-0.39, 0.29) is 33.6 Å². The summed E-state index contributed by atoms with van der Waals surface area (Å²) in [4.78, 5) is 34.5. The first-order valence-corrected chi connectivity index (χ1v) is 9.91. The number of ether oxygens (including phenoxy) is 1. The summed E-state index contributed by atoms with van der Waals surface area (Å²) in [6.07, 6.45) is 3.25. The molecule has 2 aliphatic rings. The minimum atomic E-state index is -0.597. The lowest BCUT2D eigenvalue weighted by Crippen LogP contribution is -2.42. The third-order valence-electron chi connectivity index (χ3n) is 5.71. The van der Waals surface area contributed by atoms with Gasteiger partial charge in [0.05, 0.1) is 30.2 Å². The summed E-state index contributed by atoms with van der Waals surface area (Å²) in [5.41, 5.74) is 0.847. The Labute approximate surface area is 171 Å². The van der Waals surface area contributed by atoms with Crippen LogP contribution in [-0.4, -0.2) is 60.1 Å². The van der Waals surface area contributed by atoms with Gasteiger partial charge in [-0.1, -0.05) is 0 Å². The lowest BCUT2D eigenvalue weighted by molar-refractivity contribution is 0.0314. The summed E-state index contributed by atoms with van der Waals surface area (Å²) in [5, 5.41) is 0.135. The highest BCUT2D eigenvalue weighted by atomic mass is 19.1. The highest BCUT2D eigenvalue weighted by molar-refractivity contribution is 5.99. The molecule has 0 bridgehead atoms. The third kappa shape index (κ3) is 3.18. The largest absolute Gasteiger partial charge is 0.450 e. The molecule has 4 heterocycles. The zero-order valence-corrected chi connectivity index (χ0v) is 16.2. The Morgan fingerprint density at radius 2 is 1.83 bits per heavy atom. The van der Waals surface area contributed by atoms with Gasteiger partial charge < -0.3 is 14.1 Å². The summed E-state index contributed by atoms with van der Waals surface area (Å²) >= 11 is 0. The molecule has 1 saturated heterocycles. The van der Waals surface area contributed by atoms with E-state index in [1.165, 1.54) is 12.1 Å². The van der Waals surface area contributed by atoms with Crippen molar-refractivity contribution >= 4 is 16.9 Å². The molecule has 1 fully saturated rings. The second kappa shape index (κ2) is 7.62. The third-order valence-corrected chi connectivity index (χ3v) is 5.71. The maximum absolute atomic E-state index is 13.8. The van der Waals surface area contributed by atoms with Gasteiger partial charge in [0.25, 0.3) is 5.91 Å². The van der Waals surface area contributed by atoms with Crippen molar-refractivity contribution in [2.24, 2.45) is 0 Å². The van der Waals surface area contributed by atoms with Crippen LogP contribution < -0.4 is 5.43 Å². The Bertz CT molecular complexity index is 1160. The lowest BCUT2D eigenvalue weighted by atomic mass is 9.99. The zero-order chi connectivity index (χ0) is 20.7. The van der Waals surface area contributed by atoms with Crippen LogP contribution in [0.3, 0.4) is 0 Å². The molecule has 7 nitrogen and oxygen atoms in total. The number of halogens is 1. The molecule has 0 unspecified atom stereocenters. The number of amides is 1. The van der Waals surface area contributed by atoms with Gasteiger partial charge in [-0.3, -0.25) is 19.5 Å². The predicted molar refractivity (Wildman–Crippen MR) is 107 cm³/mol. The number of hydrogen-bond acceptors (Lipinski definition) is 6. The van der Waals surface area contributed by atoms with Gasteiger partial charge >= 0.3 is 0 Å². The molecule has 3 aromatic rings. The maximum atomic E-state index is 13.8. The van der Waals surface area contributed by atoms with Gasteiger partial charge in [-0.2, -0.15) is 0 Å². The number of fused-ring (bicyclic) bond motifs is 2. The molecule has 2 aromatic heterocycles. The van der Waals surface area contributed by atoms with Crippen LogP contribution in [0.4, 0.5) is 4.39 Å². The van der Waals surface area contributed by atoms with Crippen LogP contribution in [0, 0.1) is 5.82 Å². The number of carbonyl (C=O) groups is 1. The summed E-state index contributed by atoms with van der Waals surface area (Å²) in [6.45, 7) is 4.02. The fraction of sp³-hybridized carbons (Fsp3) is 0.318. The Morgan fingerprint density at radius 3 is 2.60 bits per heavy atom. The van der Waals surface area contributed by atoms with E-state index in [0.29, 0.717) is 26.3 Å². The highest BCUT2D eigenvalue weighted by Gasteiger charge is 2.42. The molecule has 5 rings (SSSR count). The molecule has 1 aromatic carbocycles. The fourth-order valence-corrected chi connectivity index (χ4v) is 4.19. The molecule has 0 aliphatic carbocycles. The SMILES string of the molecule is O=C1c2oc3ccc(F)cc3c(=O)c2[C@H](c2ccncc2)N1CCN1CCOCC1. The summed E-state index contributed by atoms with van der Waals surface area (Å²) < 4.78 is 25.0. The smallest absolute Gasteiger partial charge is 0.290 e. The Kier molecular flexibility index (Phi) is 4.80. The van der Waals surface area contributed by atoms with Crippen LogP contribution in [0.15, 0.2) is 51.9 Å². The summed E-state index contributed by atoms with van der Waals surface area (Å²) in [6, 6.07) is 6.73. The standard InChI is InChI=1S/C22H20FN3O4/c23-15-1-2-17-16(13-15)20(27)18-19(14-3-5-24-6-4-14)26(22(28)21(18)30-17)8-7-25-9-11-29-12-10-25/h1-6,13,19H,7-12H2/t19-/m0/s1. The number of carbonyl (C=O) groups excluding carboxylic acids is 1. The Balaban J connectivity index is 1.60. The zero-order valence-electron chi connectivity index (χ0n) is 16.2. The molecule has 0 radical (unpaired) electrons. The average Bonchev–Trinajstić information content (AvgIpc) is 3.06. The molecule has 154 valence electrons. The normalized spacial score (nSPS) is 19.4. The van der Waals surface area contributed by atoms with Crippen molar-refractivity contribution in [3.05, 3.63) is 75.7 Å². The number of morpholine rings is 1. The van der Waals surface area contributed by atoms with Crippen molar-refractivity contribution in [2.75, 3.05) is 39.4 Å². The predicted octanol–water partition coefficient (Wildman–Crippen LogP) is 2.20. The number of pyridine rings is 1. The van der Waals surface area contributed by atoms with Crippen molar-refractivity contribution in [3.63, 3.8) is 0 Å². The summed E-state index contributed by atoms with van der Waals surface area (Å²) in [5.74, 6) is -0.824. The number of rotatable bonds is 4. The molecule has 30 heavy (non-hydrogen) atoms. The number of benzene rings is 1. The lowest BCUT2D eigenvalue weighted by Gasteiger charge is -2.31. The monoisotopic (exact) mass is 409 g/mol. The van der Waals surface area contributed by atoms with E-state index < -0.39 is 11.9 Å². The molecular formula is C22H20FN3O4. The van der Waals surface area contributed by atoms with E-state index in [4.69, 9.17) is 9.15 Å². The first kappa shape index (κ1) is 18.9. The van der Waals surface area contributed by atoms with Crippen LogP contribution in [0.1, 0.15) is 27.7 Å². The van der Waals surface area contributed by atoms with Crippen molar-refractivity contribution in [3.8, 4) is 0 Å². The first-order chi connectivity index (χ1) is 14.6. The van der Waals surface area contributed by atoms with Crippen LogP contribution in [0.5, 0.6) is 0 Å². The van der Waals surface area contributed by atoms with Crippen molar-refractivity contribution in [2.45, 2.75) is 6.04 Å². The van der Waals surface area contributed by atoms with Crippen LogP contribution in [0.2, 0.25) is 0 Å². The van der Waals surface area contributed by atoms with E-state index >= 15 is 0 Å². The Morgan fingerprint density at radius 1 is 1.07 bits per heavy atom. The fourth-order valence-electron chi connectivity index (χ4n) is 4.19. The van der Waals surface area contributed by atoms with Crippen LogP contribution >= 0.6 is 0 Å². The molecule has 8 heteroatoms. The van der Waals surface area contributed by atoms with E-state index in [1.54, 1.807) is 29.4 Å². The number of hydrogen-bond donors (Lipinski definition) is 0. The van der Waals surface area contributed by atoms with Crippen LogP contribution in [-0.2, 0) is 4.74 Å². The summed E-state index contributed by atoms with van der Waals surface area (Å²) in [7, 11) is 0. The molecular weight excluding hydrogens is 389 g/mol. The quantitative estimate of drug-likeness (QED) is 0.658. The van der Waals surface area contributed by atoms with Crippen molar-refractivity contribution < 1.29 is 18.3 Å². The van der Waals surface area contributed by atoms with Crippen molar-refractivity contribution in [1.82, 2.24) is 14.8 Å². The van der Waals surface area contributed by atoms with E-state index in [2.05, 4.69) is 9.88 Å². The van der Waals surface area contributed by atoms with Gasteiger partial charge in [0.2, 0.25) is 5.76 Å². The van der Waals surface area contributed by atoms with E-state index in [9.17, 15) is 14.0 Å². The van der Waals surface area contributed by atoms with Crippen LogP contribution in [0.25, 0.3) is 11.0 Å². The molecule has 0 saturated carbocycles. The molecule has 2 aliphatic heterocycles. The van der Waals surface area contributed by atoms with Gasteiger partial charge in [-0.25, -0.2) is 4.39 Å².